The number of hydrazine groups is 1. The van der Waals surface area contributed by atoms with E-state index in [1.807, 2.05) is 30.3 Å². The highest BCUT2D eigenvalue weighted by molar-refractivity contribution is 5.46. The van der Waals surface area contributed by atoms with Gasteiger partial charge in [0.2, 0.25) is 6.79 Å². The van der Waals surface area contributed by atoms with Crippen molar-refractivity contribution in [1.29, 1.82) is 0 Å². The molecule has 0 aromatic heterocycles. The molecule has 0 aliphatic carbocycles. The highest BCUT2D eigenvalue weighted by Crippen LogP contribution is 2.40. The van der Waals surface area contributed by atoms with Crippen LogP contribution in [0.15, 0.2) is 48.5 Å². The van der Waals surface area contributed by atoms with E-state index in [0.29, 0.717) is 0 Å². The Morgan fingerprint density at radius 1 is 0.905 bits per heavy atom. The van der Waals surface area contributed by atoms with Gasteiger partial charge in [0.05, 0.1) is 12.2 Å². The Morgan fingerprint density at radius 3 is 2.57 bits per heavy atom. The third-order valence-electron chi connectivity index (χ3n) is 4.09. The van der Waals surface area contributed by atoms with E-state index in [9.17, 15) is 0 Å². The van der Waals surface area contributed by atoms with Crippen LogP contribution in [0.1, 0.15) is 23.1 Å². The summed E-state index contributed by atoms with van der Waals surface area (Å²) in [4.78, 5) is 0. The maximum Gasteiger partial charge on any atom is 0.231 e. The van der Waals surface area contributed by atoms with E-state index in [4.69, 9.17) is 15.2 Å². The Hall–Kier alpha value is -2.08. The molecule has 0 bridgehead atoms. The van der Waals surface area contributed by atoms with Crippen molar-refractivity contribution in [3.63, 3.8) is 0 Å². The van der Waals surface area contributed by atoms with E-state index in [0.717, 1.165) is 17.1 Å². The number of nitrogens with one attached hydrogen (secondary N) is 2. The van der Waals surface area contributed by atoms with Crippen LogP contribution >= 0.6 is 0 Å². The average molecular weight is 283 g/mol. The minimum Gasteiger partial charge on any atom is -0.454 e. The number of nitrogens with two attached hydrogens (primary N) is 1. The Morgan fingerprint density at radius 2 is 1.71 bits per heavy atom. The molecule has 3 atom stereocenters. The molecular formula is C16H17N3O2. The third kappa shape index (κ3) is 2.15. The molecule has 3 unspecified atom stereocenters. The van der Waals surface area contributed by atoms with Crippen LogP contribution in [0.3, 0.4) is 0 Å². The Bertz CT molecular complexity index is 647. The van der Waals surface area contributed by atoms with Gasteiger partial charge in [-0.3, -0.25) is 0 Å². The molecule has 4 rings (SSSR count). The summed E-state index contributed by atoms with van der Waals surface area (Å²) in [5, 5.41) is 0. The van der Waals surface area contributed by atoms with E-state index in [2.05, 4.69) is 29.1 Å². The topological polar surface area (TPSA) is 68.5 Å². The summed E-state index contributed by atoms with van der Waals surface area (Å²) in [6, 6.07) is 16.5. The van der Waals surface area contributed by atoms with Crippen molar-refractivity contribution >= 4 is 0 Å². The van der Waals surface area contributed by atoms with Crippen molar-refractivity contribution < 1.29 is 9.47 Å². The molecule has 0 saturated carbocycles. The molecule has 0 amide bonds. The first-order chi connectivity index (χ1) is 10.3. The number of benzene rings is 2. The van der Waals surface area contributed by atoms with Crippen LogP contribution in [0.25, 0.3) is 0 Å². The molecule has 0 radical (unpaired) electrons. The second-order valence-corrected chi connectivity index (χ2v) is 5.34. The summed E-state index contributed by atoms with van der Waals surface area (Å²) in [7, 11) is 0. The summed E-state index contributed by atoms with van der Waals surface area (Å²) in [6.45, 7) is 0.286. The largest absolute Gasteiger partial charge is 0.454 e. The molecule has 5 nitrogen and oxygen atoms in total. The molecule has 2 aromatic rings. The lowest BCUT2D eigenvalue weighted by atomic mass is 9.86. The summed E-state index contributed by atoms with van der Waals surface area (Å²) in [6.07, 6.45) is -0.157. The lowest BCUT2D eigenvalue weighted by Crippen LogP contribution is -2.38. The van der Waals surface area contributed by atoms with E-state index in [-0.39, 0.29) is 24.9 Å². The van der Waals surface area contributed by atoms with Crippen LogP contribution in [0.2, 0.25) is 0 Å². The normalized spacial score (nSPS) is 27.0. The maximum absolute atomic E-state index is 6.24. The quantitative estimate of drug-likeness (QED) is 0.781. The molecule has 21 heavy (non-hydrogen) atoms. The van der Waals surface area contributed by atoms with Crippen LogP contribution in [-0.4, -0.2) is 13.0 Å². The first-order valence-corrected chi connectivity index (χ1v) is 7.04. The van der Waals surface area contributed by atoms with Crippen molar-refractivity contribution in [2.75, 3.05) is 6.79 Å². The van der Waals surface area contributed by atoms with Gasteiger partial charge in [-0.1, -0.05) is 36.4 Å². The van der Waals surface area contributed by atoms with Crippen LogP contribution in [-0.2, 0) is 0 Å². The zero-order chi connectivity index (χ0) is 14.2. The Labute approximate surface area is 123 Å². The number of ether oxygens (including phenoxy) is 2. The summed E-state index contributed by atoms with van der Waals surface area (Å²) in [5.74, 6) is 1.71. The average Bonchev–Trinajstić information content (AvgIpc) is 3.13. The summed E-state index contributed by atoms with van der Waals surface area (Å²) < 4.78 is 10.8. The van der Waals surface area contributed by atoms with Crippen molar-refractivity contribution in [3.05, 3.63) is 59.7 Å². The molecule has 2 aromatic carbocycles. The first kappa shape index (κ1) is 12.6. The second kappa shape index (κ2) is 5.04. The SMILES string of the molecule is NC1NNC(c2ccccc2)C1c1ccc2c(c1)OCO2. The summed E-state index contributed by atoms with van der Waals surface area (Å²) in [5.41, 5.74) is 15.0. The minimum atomic E-state index is -0.157. The van der Waals surface area contributed by atoms with Gasteiger partial charge in [0.25, 0.3) is 0 Å². The molecule has 2 aliphatic heterocycles. The van der Waals surface area contributed by atoms with Gasteiger partial charge in [0, 0.05) is 5.92 Å². The third-order valence-corrected chi connectivity index (χ3v) is 4.09. The molecule has 1 saturated heterocycles. The van der Waals surface area contributed by atoms with Crippen LogP contribution in [0.5, 0.6) is 11.5 Å². The molecule has 2 heterocycles. The minimum absolute atomic E-state index is 0.126. The van der Waals surface area contributed by atoms with Crippen molar-refractivity contribution in [1.82, 2.24) is 10.9 Å². The molecule has 5 heteroatoms. The monoisotopic (exact) mass is 283 g/mol. The van der Waals surface area contributed by atoms with Gasteiger partial charge in [-0.05, 0) is 23.3 Å². The fourth-order valence-electron chi connectivity index (χ4n) is 3.04. The highest BCUT2D eigenvalue weighted by atomic mass is 16.7. The number of fused-ring (bicyclic) bond motifs is 1. The van der Waals surface area contributed by atoms with E-state index >= 15 is 0 Å². The summed E-state index contributed by atoms with van der Waals surface area (Å²) >= 11 is 0. The smallest absolute Gasteiger partial charge is 0.231 e. The number of hydrogen-bond acceptors (Lipinski definition) is 5. The first-order valence-electron chi connectivity index (χ1n) is 7.04. The molecule has 0 spiro atoms. The Kier molecular flexibility index (Phi) is 3.03. The van der Waals surface area contributed by atoms with Gasteiger partial charge >= 0.3 is 0 Å². The van der Waals surface area contributed by atoms with Gasteiger partial charge < -0.3 is 15.2 Å². The zero-order valence-electron chi connectivity index (χ0n) is 11.5. The van der Waals surface area contributed by atoms with Gasteiger partial charge in [0.1, 0.15) is 0 Å². The predicted molar refractivity (Wildman–Crippen MR) is 78.7 cm³/mol. The molecular weight excluding hydrogens is 266 g/mol. The standard InChI is InChI=1S/C16H17N3O2/c17-16-14(11-6-7-12-13(8-11)21-9-20-12)15(18-19-16)10-4-2-1-3-5-10/h1-8,14-16,18-19H,9,17H2. The van der Waals surface area contributed by atoms with Gasteiger partial charge in [-0.15, -0.1) is 0 Å². The van der Waals surface area contributed by atoms with E-state index < -0.39 is 0 Å². The fraction of sp³-hybridized carbons (Fsp3) is 0.250. The van der Waals surface area contributed by atoms with Gasteiger partial charge in [0.15, 0.2) is 11.5 Å². The second-order valence-electron chi connectivity index (χ2n) is 5.34. The highest BCUT2D eigenvalue weighted by Gasteiger charge is 2.36. The molecule has 2 aliphatic rings. The lowest BCUT2D eigenvalue weighted by molar-refractivity contribution is 0.174. The van der Waals surface area contributed by atoms with Crippen molar-refractivity contribution in [3.8, 4) is 11.5 Å². The number of rotatable bonds is 2. The lowest BCUT2D eigenvalue weighted by Gasteiger charge is -2.22. The van der Waals surface area contributed by atoms with Gasteiger partial charge in [-0.25, -0.2) is 10.9 Å². The van der Waals surface area contributed by atoms with Crippen LogP contribution in [0.4, 0.5) is 0 Å². The predicted octanol–water partition coefficient (Wildman–Crippen LogP) is 1.63. The molecule has 1 fully saturated rings. The van der Waals surface area contributed by atoms with Crippen molar-refractivity contribution in [2.45, 2.75) is 18.1 Å². The molecule has 108 valence electrons. The maximum atomic E-state index is 6.24. The van der Waals surface area contributed by atoms with Crippen LogP contribution in [0, 0.1) is 0 Å². The van der Waals surface area contributed by atoms with Crippen LogP contribution < -0.4 is 26.1 Å². The Balaban J connectivity index is 1.71. The van der Waals surface area contributed by atoms with E-state index in [1.54, 1.807) is 0 Å². The fourth-order valence-corrected chi connectivity index (χ4v) is 3.04. The van der Waals surface area contributed by atoms with E-state index in [1.165, 1.54) is 5.56 Å². The van der Waals surface area contributed by atoms with Crippen molar-refractivity contribution in [2.24, 2.45) is 5.73 Å². The number of hydrogen-bond donors (Lipinski definition) is 3. The molecule has 4 N–H and O–H groups in total. The van der Waals surface area contributed by atoms with Gasteiger partial charge in [-0.2, -0.15) is 0 Å². The zero-order valence-corrected chi connectivity index (χ0v) is 11.5.